The molecule has 0 bridgehead atoms. The molecule has 116 valence electrons. The molecule has 0 saturated carbocycles. The molecule has 7 heteroatoms. The number of rotatable bonds is 5. The van der Waals surface area contributed by atoms with Gasteiger partial charge >= 0.3 is 5.97 Å². The Morgan fingerprint density at radius 1 is 1.10 bits per heavy atom. The first kappa shape index (κ1) is 17.2. The van der Waals surface area contributed by atoms with Crippen LogP contribution in [0.2, 0.25) is 0 Å². The van der Waals surface area contributed by atoms with Gasteiger partial charge in [0, 0.05) is 24.9 Å². The first-order chi connectivity index (χ1) is 9.55. The maximum Gasteiger partial charge on any atom is 0.335 e. The van der Waals surface area contributed by atoms with Crippen molar-refractivity contribution in [3.8, 4) is 0 Å². The first-order valence-corrected chi connectivity index (χ1v) is 8.30. The van der Waals surface area contributed by atoms with Crippen LogP contribution in [0.15, 0.2) is 24.3 Å². The molecule has 0 saturated heterocycles. The van der Waals surface area contributed by atoms with Gasteiger partial charge in [-0.1, -0.05) is 0 Å². The second-order valence-electron chi connectivity index (χ2n) is 5.07. The topological polar surface area (TPSA) is 91.8 Å². The molecule has 0 aliphatic carbocycles. The van der Waals surface area contributed by atoms with Crippen molar-refractivity contribution >= 4 is 21.7 Å². The molecule has 0 aromatic heterocycles. The third-order valence-electron chi connectivity index (χ3n) is 3.66. The van der Waals surface area contributed by atoms with Gasteiger partial charge in [0.1, 0.15) is 0 Å². The highest BCUT2D eigenvalue weighted by Gasteiger charge is 2.28. The SMILES string of the molecule is CC(C(C)S(C)(=O)=O)N(C)C(=O)c1ccc(C(=O)O)cc1. The Morgan fingerprint density at radius 2 is 1.52 bits per heavy atom. The molecule has 21 heavy (non-hydrogen) atoms. The number of carboxylic acid groups (broad SMARTS) is 1. The van der Waals surface area contributed by atoms with Crippen molar-refractivity contribution in [2.45, 2.75) is 25.1 Å². The largest absolute Gasteiger partial charge is 0.478 e. The van der Waals surface area contributed by atoms with Crippen LogP contribution < -0.4 is 0 Å². The summed E-state index contributed by atoms with van der Waals surface area (Å²) in [7, 11) is -1.72. The third-order valence-corrected chi connectivity index (χ3v) is 5.41. The van der Waals surface area contributed by atoms with Crippen LogP contribution in [0, 0.1) is 0 Å². The number of carbonyl (C=O) groups excluding carboxylic acids is 1. The zero-order chi connectivity index (χ0) is 16.4. The molecule has 0 radical (unpaired) electrons. The number of carboxylic acids is 1. The van der Waals surface area contributed by atoms with Gasteiger partial charge in [-0.15, -0.1) is 0 Å². The highest BCUT2D eigenvalue weighted by molar-refractivity contribution is 7.91. The molecule has 6 nitrogen and oxygen atoms in total. The molecule has 1 aromatic rings. The number of amides is 1. The fourth-order valence-electron chi connectivity index (χ4n) is 1.82. The molecule has 2 unspecified atom stereocenters. The number of sulfone groups is 1. The number of hydrogen-bond donors (Lipinski definition) is 1. The van der Waals surface area contributed by atoms with Gasteiger partial charge < -0.3 is 10.0 Å². The molecule has 1 amide bonds. The van der Waals surface area contributed by atoms with Crippen LogP contribution in [-0.4, -0.2) is 54.9 Å². The van der Waals surface area contributed by atoms with Gasteiger partial charge in [-0.25, -0.2) is 13.2 Å². The maximum atomic E-state index is 12.3. The van der Waals surface area contributed by atoms with E-state index in [9.17, 15) is 18.0 Å². The van der Waals surface area contributed by atoms with Crippen LogP contribution in [0.5, 0.6) is 0 Å². The molecular formula is C14H19NO5S. The smallest absolute Gasteiger partial charge is 0.335 e. The van der Waals surface area contributed by atoms with Gasteiger partial charge in [-0.05, 0) is 38.1 Å². The number of hydrogen-bond acceptors (Lipinski definition) is 4. The van der Waals surface area contributed by atoms with E-state index in [0.29, 0.717) is 5.56 Å². The minimum absolute atomic E-state index is 0.0896. The summed E-state index contributed by atoms with van der Waals surface area (Å²) < 4.78 is 23.1. The van der Waals surface area contributed by atoms with Crippen molar-refractivity contribution in [2.75, 3.05) is 13.3 Å². The quantitative estimate of drug-likeness (QED) is 0.884. The van der Waals surface area contributed by atoms with E-state index in [1.165, 1.54) is 36.2 Å². The summed E-state index contributed by atoms with van der Waals surface area (Å²) in [5, 5.41) is 8.12. The van der Waals surface area contributed by atoms with Gasteiger partial charge in [0.05, 0.1) is 10.8 Å². The van der Waals surface area contributed by atoms with Gasteiger partial charge in [-0.3, -0.25) is 4.79 Å². The summed E-state index contributed by atoms with van der Waals surface area (Å²) in [6.07, 6.45) is 1.13. The lowest BCUT2D eigenvalue weighted by Gasteiger charge is -2.29. The number of carbonyl (C=O) groups is 2. The monoisotopic (exact) mass is 313 g/mol. The van der Waals surface area contributed by atoms with Gasteiger partial charge in [-0.2, -0.15) is 0 Å². The molecule has 0 fully saturated rings. The van der Waals surface area contributed by atoms with Crippen molar-refractivity contribution in [1.82, 2.24) is 4.90 Å². The lowest BCUT2D eigenvalue weighted by Crippen LogP contribution is -2.44. The number of aromatic carboxylic acids is 1. The predicted molar refractivity (Wildman–Crippen MR) is 79.3 cm³/mol. The average Bonchev–Trinajstić information content (AvgIpc) is 2.43. The Kier molecular flexibility index (Phi) is 5.11. The van der Waals surface area contributed by atoms with Crippen LogP contribution in [-0.2, 0) is 9.84 Å². The first-order valence-electron chi connectivity index (χ1n) is 6.35. The summed E-state index contributed by atoms with van der Waals surface area (Å²) in [6, 6.07) is 5.02. The lowest BCUT2D eigenvalue weighted by molar-refractivity contribution is 0.0693. The second-order valence-corrected chi connectivity index (χ2v) is 7.48. The molecule has 0 aliphatic heterocycles. The third kappa shape index (κ3) is 4.04. The van der Waals surface area contributed by atoms with Crippen molar-refractivity contribution in [2.24, 2.45) is 0 Å². The normalized spacial score (nSPS) is 14.3. The Hall–Kier alpha value is -1.89. The molecule has 0 heterocycles. The zero-order valence-electron chi connectivity index (χ0n) is 12.4. The highest BCUT2D eigenvalue weighted by Crippen LogP contribution is 2.14. The molecular weight excluding hydrogens is 294 g/mol. The van der Waals surface area contributed by atoms with E-state index in [-0.39, 0.29) is 11.5 Å². The van der Waals surface area contributed by atoms with E-state index in [2.05, 4.69) is 0 Å². The summed E-state index contributed by atoms with van der Waals surface area (Å²) in [5.41, 5.74) is 0.404. The molecule has 1 aromatic carbocycles. The molecule has 0 spiro atoms. The Bertz CT molecular complexity index is 636. The van der Waals surface area contributed by atoms with Crippen molar-refractivity contribution in [3.05, 3.63) is 35.4 Å². The number of nitrogens with zero attached hydrogens (tertiary/aromatic N) is 1. The van der Waals surface area contributed by atoms with Crippen molar-refractivity contribution in [3.63, 3.8) is 0 Å². The summed E-state index contributed by atoms with van der Waals surface area (Å²) in [5.74, 6) is -1.42. The van der Waals surface area contributed by atoms with Gasteiger partial charge in [0.2, 0.25) is 0 Å². The second kappa shape index (κ2) is 6.26. The fraction of sp³-hybridized carbons (Fsp3) is 0.429. The Labute approximate surface area is 124 Å². The van der Waals surface area contributed by atoms with E-state index >= 15 is 0 Å². The predicted octanol–water partition coefficient (Wildman–Crippen LogP) is 1.28. The zero-order valence-corrected chi connectivity index (χ0v) is 13.2. The molecule has 1 rings (SSSR count). The van der Waals surface area contributed by atoms with Gasteiger partial charge in [0.25, 0.3) is 5.91 Å². The van der Waals surface area contributed by atoms with Gasteiger partial charge in [0.15, 0.2) is 9.84 Å². The Balaban J connectivity index is 2.94. The van der Waals surface area contributed by atoms with E-state index in [4.69, 9.17) is 5.11 Å². The average molecular weight is 313 g/mol. The summed E-state index contributed by atoms with van der Waals surface area (Å²) in [4.78, 5) is 24.4. The van der Waals surface area contributed by atoms with Crippen LogP contribution >= 0.6 is 0 Å². The van der Waals surface area contributed by atoms with Crippen LogP contribution in [0.25, 0.3) is 0 Å². The fourth-order valence-corrected chi connectivity index (χ4v) is 2.71. The molecule has 1 N–H and O–H groups in total. The minimum atomic E-state index is -3.25. The van der Waals surface area contributed by atoms with Crippen LogP contribution in [0.3, 0.4) is 0 Å². The standard InChI is InChI=1S/C14H19NO5S/c1-9(10(2)21(4,19)20)15(3)13(16)11-5-7-12(8-6-11)14(17)18/h5-10H,1-4H3,(H,17,18). The van der Waals surface area contributed by atoms with Crippen LogP contribution in [0.1, 0.15) is 34.6 Å². The number of benzene rings is 1. The highest BCUT2D eigenvalue weighted by atomic mass is 32.2. The van der Waals surface area contributed by atoms with E-state index < -0.39 is 27.1 Å². The Morgan fingerprint density at radius 3 is 1.90 bits per heavy atom. The van der Waals surface area contributed by atoms with Crippen molar-refractivity contribution < 1.29 is 23.1 Å². The molecule has 2 atom stereocenters. The maximum absolute atomic E-state index is 12.3. The molecule has 0 aliphatic rings. The minimum Gasteiger partial charge on any atom is -0.478 e. The van der Waals surface area contributed by atoms with E-state index in [1.807, 2.05) is 0 Å². The van der Waals surface area contributed by atoms with Crippen molar-refractivity contribution in [1.29, 1.82) is 0 Å². The summed E-state index contributed by atoms with van der Waals surface area (Å²) in [6.45, 7) is 3.21. The summed E-state index contributed by atoms with van der Waals surface area (Å²) >= 11 is 0. The van der Waals surface area contributed by atoms with E-state index in [1.54, 1.807) is 13.8 Å². The van der Waals surface area contributed by atoms with E-state index in [0.717, 1.165) is 6.26 Å². The van der Waals surface area contributed by atoms with Crippen LogP contribution in [0.4, 0.5) is 0 Å². The lowest BCUT2D eigenvalue weighted by atomic mass is 10.1.